The van der Waals surface area contributed by atoms with E-state index in [1.165, 1.54) is 0 Å². The smallest absolute Gasteiger partial charge is 0.255 e. The van der Waals surface area contributed by atoms with Crippen LogP contribution in [-0.2, 0) is 0 Å². The fourth-order valence-corrected chi connectivity index (χ4v) is 3.94. The number of carbonyl (C=O) groups excluding carboxylic acids is 2. The van der Waals surface area contributed by atoms with Crippen molar-refractivity contribution in [2.24, 2.45) is 0 Å². The Bertz CT molecular complexity index is 1180. The Labute approximate surface area is 255 Å². The van der Waals surface area contributed by atoms with Crippen LogP contribution in [0.25, 0.3) is 0 Å². The minimum Gasteiger partial charge on any atom is -0.388 e. The second kappa shape index (κ2) is 20.9. The van der Waals surface area contributed by atoms with Gasteiger partial charge in [-0.15, -0.1) is 0 Å². The summed E-state index contributed by atoms with van der Waals surface area (Å²) in [6.45, 7) is 14.1. The Kier molecular flexibility index (Phi) is 19.3. The first kappa shape index (κ1) is 37.0. The number of halogens is 2. The van der Waals surface area contributed by atoms with Gasteiger partial charge in [0, 0.05) is 64.0 Å². The minimum atomic E-state index is -0.110. The van der Waals surface area contributed by atoms with Crippen molar-refractivity contribution in [1.29, 1.82) is 0 Å². The normalized spacial score (nSPS) is 9.47. The molecule has 0 heterocycles. The molecule has 40 heavy (non-hydrogen) atoms. The van der Waals surface area contributed by atoms with Gasteiger partial charge in [-0.2, -0.15) is 0 Å². The lowest BCUT2D eigenvalue weighted by Crippen LogP contribution is -2.19. The number of nitrogens with zero attached hydrogens (tertiary/aromatic N) is 2. The second-order valence-electron chi connectivity index (χ2n) is 8.22. The third-order valence-corrected chi connectivity index (χ3v) is 5.94. The van der Waals surface area contributed by atoms with Gasteiger partial charge in [0.05, 0.1) is 0 Å². The lowest BCUT2D eigenvalue weighted by atomic mass is 10.1. The van der Waals surface area contributed by atoms with Gasteiger partial charge < -0.3 is 14.9 Å². The van der Waals surface area contributed by atoms with E-state index in [1.54, 1.807) is 43.3 Å². The summed E-state index contributed by atoms with van der Waals surface area (Å²) in [5.41, 5.74) is 5.26. The Hall–Kier alpha value is -2.97. The van der Waals surface area contributed by atoms with Gasteiger partial charge >= 0.3 is 0 Å². The molecular formula is C31H42Cl2N4O2S. The van der Waals surface area contributed by atoms with Crippen LogP contribution in [0, 0.1) is 6.92 Å². The molecule has 3 rings (SSSR count). The van der Waals surface area contributed by atoms with Gasteiger partial charge in [0.2, 0.25) is 0 Å². The number of carbonyl (C=O) groups is 2. The Morgan fingerprint density at radius 3 is 2.10 bits per heavy atom. The predicted octanol–water partition coefficient (Wildman–Crippen LogP) is 9.18. The van der Waals surface area contributed by atoms with Crippen LogP contribution in [0.15, 0.2) is 78.3 Å². The number of amides is 1. The fourth-order valence-electron chi connectivity index (χ4n) is 3.02. The first-order chi connectivity index (χ1) is 19.0. The van der Waals surface area contributed by atoms with E-state index in [1.807, 2.05) is 88.7 Å². The summed E-state index contributed by atoms with van der Waals surface area (Å²) >= 11 is 12.3. The Morgan fingerprint density at radius 2 is 1.65 bits per heavy atom. The SMILES string of the molecule is C=C(C)Cl.CC.CCN(SN(C)C)c1ccc(C(=O)Nc2ccc(C)c(NC)c2)cc1.O=Cc1cccc(Cl)c1. The lowest BCUT2D eigenvalue weighted by molar-refractivity contribution is 0.102. The summed E-state index contributed by atoms with van der Waals surface area (Å²) in [5.74, 6) is -0.110. The maximum Gasteiger partial charge on any atom is 0.255 e. The highest BCUT2D eigenvalue weighted by molar-refractivity contribution is 7.98. The topological polar surface area (TPSA) is 64.7 Å². The number of allylic oxidation sites excluding steroid dienone is 1. The van der Waals surface area contributed by atoms with Crippen LogP contribution in [-0.4, -0.2) is 44.2 Å². The summed E-state index contributed by atoms with van der Waals surface area (Å²) in [5, 5.41) is 7.31. The zero-order valence-electron chi connectivity index (χ0n) is 24.7. The molecule has 0 saturated carbocycles. The monoisotopic (exact) mass is 604 g/mol. The molecule has 0 aromatic heterocycles. The van der Waals surface area contributed by atoms with Crippen molar-refractivity contribution in [3.05, 3.63) is 100 Å². The van der Waals surface area contributed by atoms with E-state index in [9.17, 15) is 9.59 Å². The van der Waals surface area contributed by atoms with Crippen molar-refractivity contribution < 1.29 is 9.59 Å². The van der Waals surface area contributed by atoms with E-state index in [0.717, 1.165) is 35.5 Å². The molecule has 0 aliphatic rings. The standard InChI is InChI=1S/C19H26N4OS.C7H5ClO.C3H5Cl.C2H6/c1-6-23(25-22(4)5)17-11-8-15(9-12-17)19(24)21-16-10-7-14(2)18(13-16)20-3;8-7-3-1-2-6(4-7)5-9;1-3(2)4;1-2/h7-13,20H,6H2,1-5H3,(H,21,24);1-5H;1H2,2H3;1-2H3. The van der Waals surface area contributed by atoms with Gasteiger partial charge in [0.15, 0.2) is 0 Å². The van der Waals surface area contributed by atoms with Crippen molar-refractivity contribution in [1.82, 2.24) is 4.31 Å². The molecule has 3 aromatic rings. The highest BCUT2D eigenvalue weighted by Crippen LogP contribution is 2.24. The van der Waals surface area contributed by atoms with Crippen molar-refractivity contribution in [3.63, 3.8) is 0 Å². The first-order valence-electron chi connectivity index (χ1n) is 12.8. The van der Waals surface area contributed by atoms with E-state index >= 15 is 0 Å². The molecule has 9 heteroatoms. The maximum absolute atomic E-state index is 12.5. The van der Waals surface area contributed by atoms with E-state index in [2.05, 4.69) is 28.4 Å². The number of aryl methyl sites for hydroxylation is 1. The van der Waals surface area contributed by atoms with Crippen molar-refractivity contribution in [3.8, 4) is 0 Å². The quantitative estimate of drug-likeness (QED) is 0.197. The molecule has 1 amide bonds. The van der Waals surface area contributed by atoms with E-state index in [0.29, 0.717) is 21.2 Å². The van der Waals surface area contributed by atoms with E-state index in [4.69, 9.17) is 23.2 Å². The molecule has 218 valence electrons. The van der Waals surface area contributed by atoms with Gasteiger partial charge in [-0.1, -0.05) is 61.8 Å². The molecule has 0 unspecified atom stereocenters. The van der Waals surface area contributed by atoms with Crippen molar-refractivity contribution in [2.45, 2.75) is 34.6 Å². The number of anilines is 3. The third kappa shape index (κ3) is 15.0. The fraction of sp³-hybridized carbons (Fsp3) is 0.290. The highest BCUT2D eigenvalue weighted by Gasteiger charge is 2.10. The van der Waals surface area contributed by atoms with Crippen molar-refractivity contribution >= 4 is 64.6 Å². The Morgan fingerprint density at radius 1 is 1.05 bits per heavy atom. The van der Waals surface area contributed by atoms with Crippen LogP contribution in [0.5, 0.6) is 0 Å². The number of rotatable bonds is 8. The van der Waals surface area contributed by atoms with Crippen molar-refractivity contribution in [2.75, 3.05) is 42.6 Å². The zero-order chi connectivity index (χ0) is 30.7. The first-order valence-corrected chi connectivity index (χ1v) is 14.3. The van der Waals surface area contributed by atoms with Gasteiger partial charge in [-0.05, 0) is 89.0 Å². The van der Waals surface area contributed by atoms with Crippen LogP contribution in [0.1, 0.15) is 54.0 Å². The predicted molar refractivity (Wildman–Crippen MR) is 178 cm³/mol. The van der Waals surface area contributed by atoms with E-state index in [-0.39, 0.29) is 5.91 Å². The maximum atomic E-state index is 12.5. The van der Waals surface area contributed by atoms with Crippen LogP contribution >= 0.6 is 35.3 Å². The average Bonchev–Trinajstić information content (AvgIpc) is 2.94. The number of hydrogen-bond donors (Lipinski definition) is 2. The molecule has 0 bridgehead atoms. The largest absolute Gasteiger partial charge is 0.388 e. The van der Waals surface area contributed by atoms with Crippen LogP contribution in [0.2, 0.25) is 5.02 Å². The molecule has 0 radical (unpaired) electrons. The molecule has 0 saturated heterocycles. The molecule has 0 atom stereocenters. The molecule has 2 N–H and O–H groups in total. The summed E-state index contributed by atoms with van der Waals surface area (Å²) in [6, 6.07) is 20.3. The summed E-state index contributed by atoms with van der Waals surface area (Å²) in [6.07, 6.45) is 0.770. The van der Waals surface area contributed by atoms with E-state index < -0.39 is 0 Å². The van der Waals surface area contributed by atoms with Gasteiger partial charge in [0.25, 0.3) is 5.91 Å². The van der Waals surface area contributed by atoms with Crippen LogP contribution in [0.3, 0.4) is 0 Å². The van der Waals surface area contributed by atoms with Crippen LogP contribution < -0.4 is 14.9 Å². The lowest BCUT2D eigenvalue weighted by Gasteiger charge is -2.24. The molecule has 0 spiro atoms. The van der Waals surface area contributed by atoms with Crippen LogP contribution in [0.4, 0.5) is 17.1 Å². The summed E-state index contributed by atoms with van der Waals surface area (Å²) < 4.78 is 4.21. The number of nitrogens with one attached hydrogen (secondary N) is 2. The molecule has 6 nitrogen and oxygen atoms in total. The minimum absolute atomic E-state index is 0.110. The number of aldehydes is 1. The van der Waals surface area contributed by atoms with Gasteiger partial charge in [-0.3, -0.25) is 9.59 Å². The molecule has 3 aromatic carbocycles. The highest BCUT2D eigenvalue weighted by atomic mass is 35.5. The second-order valence-corrected chi connectivity index (χ2v) is 10.6. The molecule has 0 aliphatic carbocycles. The zero-order valence-corrected chi connectivity index (χ0v) is 27.0. The summed E-state index contributed by atoms with van der Waals surface area (Å²) in [4.78, 5) is 22.6. The van der Waals surface area contributed by atoms with Gasteiger partial charge in [-0.25, -0.2) is 4.31 Å². The number of hydrogen-bond acceptors (Lipinski definition) is 6. The summed E-state index contributed by atoms with van der Waals surface area (Å²) in [7, 11) is 5.89. The average molecular weight is 606 g/mol. The third-order valence-electron chi connectivity index (χ3n) is 4.72. The molecule has 0 fully saturated rings. The van der Waals surface area contributed by atoms with Gasteiger partial charge in [0.1, 0.15) is 6.29 Å². The molecular weight excluding hydrogens is 563 g/mol. The Balaban J connectivity index is 0.000000832. The molecule has 0 aliphatic heterocycles. The number of benzene rings is 3.